The number of hydrogen-bond donors (Lipinski definition) is 2. The Labute approximate surface area is 103 Å². The molecule has 1 aromatic carbocycles. The topological polar surface area (TPSA) is 63.3 Å². The first-order valence-corrected chi connectivity index (χ1v) is 5.95. The number of benzene rings is 1. The standard InChI is InChI=1S/C11H12ClNO2S/c1-7(11(14)15)5-6-16-10-8(12)3-2-4-9(10)13/h2-5H,6,13H2,1H3,(H,14,15). The maximum atomic E-state index is 10.5. The van der Waals surface area contributed by atoms with Gasteiger partial charge in [0.25, 0.3) is 0 Å². The quantitative estimate of drug-likeness (QED) is 0.494. The zero-order valence-electron chi connectivity index (χ0n) is 8.74. The van der Waals surface area contributed by atoms with Crippen molar-refractivity contribution in [2.75, 3.05) is 11.5 Å². The van der Waals surface area contributed by atoms with E-state index in [4.69, 9.17) is 22.4 Å². The fourth-order valence-corrected chi connectivity index (χ4v) is 2.30. The van der Waals surface area contributed by atoms with Gasteiger partial charge in [0.2, 0.25) is 0 Å². The first-order chi connectivity index (χ1) is 7.52. The molecule has 1 aromatic rings. The van der Waals surface area contributed by atoms with Crippen molar-refractivity contribution >= 4 is 35.0 Å². The second kappa shape index (κ2) is 5.82. The number of anilines is 1. The molecule has 0 saturated carbocycles. The van der Waals surface area contributed by atoms with Crippen molar-refractivity contribution in [2.45, 2.75) is 11.8 Å². The van der Waals surface area contributed by atoms with Crippen molar-refractivity contribution in [2.24, 2.45) is 0 Å². The van der Waals surface area contributed by atoms with E-state index in [-0.39, 0.29) is 0 Å². The summed E-state index contributed by atoms with van der Waals surface area (Å²) < 4.78 is 0. The van der Waals surface area contributed by atoms with E-state index in [1.807, 2.05) is 0 Å². The second-order valence-electron chi connectivity index (χ2n) is 3.16. The van der Waals surface area contributed by atoms with Crippen LogP contribution in [0.5, 0.6) is 0 Å². The summed E-state index contributed by atoms with van der Waals surface area (Å²) in [5, 5.41) is 9.25. The normalized spacial score (nSPS) is 11.5. The molecule has 0 unspecified atom stereocenters. The van der Waals surface area contributed by atoms with Crippen LogP contribution in [-0.4, -0.2) is 16.8 Å². The van der Waals surface area contributed by atoms with E-state index >= 15 is 0 Å². The Morgan fingerprint density at radius 3 is 2.88 bits per heavy atom. The summed E-state index contributed by atoms with van der Waals surface area (Å²) in [6.07, 6.45) is 1.63. The lowest BCUT2D eigenvalue weighted by atomic mass is 10.3. The van der Waals surface area contributed by atoms with Crippen LogP contribution in [0.3, 0.4) is 0 Å². The van der Waals surface area contributed by atoms with Crippen LogP contribution in [0.1, 0.15) is 6.92 Å². The van der Waals surface area contributed by atoms with E-state index in [9.17, 15) is 4.79 Å². The molecular weight excluding hydrogens is 246 g/mol. The number of aliphatic carboxylic acids is 1. The molecular formula is C11H12ClNO2S. The first-order valence-electron chi connectivity index (χ1n) is 4.59. The van der Waals surface area contributed by atoms with E-state index in [2.05, 4.69) is 0 Å². The predicted molar refractivity (Wildman–Crippen MR) is 68.0 cm³/mol. The molecule has 0 fully saturated rings. The van der Waals surface area contributed by atoms with Crippen LogP contribution < -0.4 is 5.73 Å². The second-order valence-corrected chi connectivity index (χ2v) is 4.60. The fraction of sp³-hybridized carbons (Fsp3) is 0.182. The van der Waals surface area contributed by atoms with Gasteiger partial charge in [0.15, 0.2) is 0 Å². The van der Waals surface area contributed by atoms with Crippen LogP contribution in [0.4, 0.5) is 5.69 Å². The van der Waals surface area contributed by atoms with Crippen LogP contribution >= 0.6 is 23.4 Å². The van der Waals surface area contributed by atoms with Gasteiger partial charge in [-0.2, -0.15) is 0 Å². The number of carboxylic acids is 1. The molecule has 0 bridgehead atoms. The molecule has 0 aliphatic rings. The number of hydrogen-bond acceptors (Lipinski definition) is 3. The molecule has 0 atom stereocenters. The lowest BCUT2D eigenvalue weighted by Gasteiger charge is -2.05. The minimum absolute atomic E-state index is 0.318. The maximum Gasteiger partial charge on any atom is 0.330 e. The van der Waals surface area contributed by atoms with Gasteiger partial charge in [-0.1, -0.05) is 23.7 Å². The Balaban J connectivity index is 2.69. The summed E-state index contributed by atoms with van der Waals surface area (Å²) in [6, 6.07) is 5.30. The fourth-order valence-electron chi connectivity index (χ4n) is 1.02. The average molecular weight is 258 g/mol. The molecule has 0 amide bonds. The lowest BCUT2D eigenvalue weighted by molar-refractivity contribution is -0.132. The van der Waals surface area contributed by atoms with Gasteiger partial charge in [0.1, 0.15) is 0 Å². The molecule has 3 N–H and O–H groups in total. The first kappa shape index (κ1) is 12.9. The van der Waals surface area contributed by atoms with Crippen LogP contribution in [0, 0.1) is 0 Å². The predicted octanol–water partition coefficient (Wildman–Crippen LogP) is 3.05. The Morgan fingerprint density at radius 2 is 2.31 bits per heavy atom. The van der Waals surface area contributed by atoms with Gasteiger partial charge in [0.05, 0.1) is 5.02 Å². The van der Waals surface area contributed by atoms with Gasteiger partial charge in [-0.15, -0.1) is 11.8 Å². The molecule has 0 spiro atoms. The van der Waals surface area contributed by atoms with Crippen molar-refractivity contribution in [1.29, 1.82) is 0 Å². The number of carbonyl (C=O) groups is 1. The highest BCUT2D eigenvalue weighted by atomic mass is 35.5. The van der Waals surface area contributed by atoms with E-state index in [0.717, 1.165) is 4.90 Å². The van der Waals surface area contributed by atoms with Crippen LogP contribution in [0.25, 0.3) is 0 Å². The largest absolute Gasteiger partial charge is 0.478 e. The van der Waals surface area contributed by atoms with Crippen LogP contribution in [0.15, 0.2) is 34.7 Å². The van der Waals surface area contributed by atoms with Crippen molar-refractivity contribution in [1.82, 2.24) is 0 Å². The highest BCUT2D eigenvalue weighted by Crippen LogP contribution is 2.32. The third-order valence-electron chi connectivity index (χ3n) is 1.95. The monoisotopic (exact) mass is 257 g/mol. The SMILES string of the molecule is CC(=CCSc1c(N)cccc1Cl)C(=O)O. The van der Waals surface area contributed by atoms with Gasteiger partial charge in [0, 0.05) is 21.9 Å². The molecule has 0 saturated heterocycles. The third-order valence-corrected chi connectivity index (χ3v) is 3.46. The van der Waals surface area contributed by atoms with Crippen molar-refractivity contribution < 1.29 is 9.90 Å². The number of nitrogens with two attached hydrogens (primary N) is 1. The van der Waals surface area contributed by atoms with Gasteiger partial charge in [-0.05, 0) is 19.1 Å². The van der Waals surface area contributed by atoms with Crippen molar-refractivity contribution in [3.05, 3.63) is 34.9 Å². The highest BCUT2D eigenvalue weighted by Gasteiger charge is 2.04. The Hall–Kier alpha value is -1.13. The molecule has 3 nitrogen and oxygen atoms in total. The minimum atomic E-state index is -0.910. The summed E-state index contributed by atoms with van der Waals surface area (Å²) in [5.74, 6) is -0.376. The Morgan fingerprint density at radius 1 is 1.62 bits per heavy atom. The average Bonchev–Trinajstić information content (AvgIpc) is 2.22. The number of rotatable bonds is 4. The number of thioether (sulfide) groups is 1. The van der Waals surface area contributed by atoms with Gasteiger partial charge in [-0.25, -0.2) is 4.79 Å². The highest BCUT2D eigenvalue weighted by molar-refractivity contribution is 7.99. The van der Waals surface area contributed by atoms with Crippen LogP contribution in [-0.2, 0) is 4.79 Å². The summed E-state index contributed by atoms with van der Waals surface area (Å²) in [4.78, 5) is 11.3. The summed E-state index contributed by atoms with van der Waals surface area (Å²) >= 11 is 7.39. The van der Waals surface area contributed by atoms with Gasteiger partial charge < -0.3 is 10.8 Å². The van der Waals surface area contributed by atoms with Crippen LogP contribution in [0.2, 0.25) is 5.02 Å². The molecule has 0 aromatic heterocycles. The number of halogens is 1. The third kappa shape index (κ3) is 3.47. The maximum absolute atomic E-state index is 10.5. The molecule has 0 aliphatic heterocycles. The molecule has 0 heterocycles. The zero-order valence-corrected chi connectivity index (χ0v) is 10.3. The molecule has 1 rings (SSSR count). The molecule has 16 heavy (non-hydrogen) atoms. The molecule has 86 valence electrons. The smallest absolute Gasteiger partial charge is 0.330 e. The number of carboxylic acid groups (broad SMARTS) is 1. The van der Waals surface area contributed by atoms with Gasteiger partial charge >= 0.3 is 5.97 Å². The Bertz CT molecular complexity index is 412. The van der Waals surface area contributed by atoms with E-state index < -0.39 is 5.97 Å². The lowest BCUT2D eigenvalue weighted by Crippen LogP contribution is -1.96. The summed E-state index contributed by atoms with van der Waals surface area (Å²) in [5.41, 5.74) is 6.68. The number of nitrogen functional groups attached to an aromatic ring is 1. The van der Waals surface area contributed by atoms with Crippen molar-refractivity contribution in [3.8, 4) is 0 Å². The minimum Gasteiger partial charge on any atom is -0.478 e. The zero-order chi connectivity index (χ0) is 12.1. The summed E-state index contributed by atoms with van der Waals surface area (Å²) in [6.45, 7) is 1.55. The molecule has 5 heteroatoms. The van der Waals surface area contributed by atoms with Gasteiger partial charge in [-0.3, -0.25) is 0 Å². The molecule has 0 radical (unpaired) electrons. The Kier molecular flexibility index (Phi) is 4.71. The van der Waals surface area contributed by atoms with E-state index in [1.54, 1.807) is 31.2 Å². The molecule has 0 aliphatic carbocycles. The summed E-state index contributed by atoms with van der Waals surface area (Å²) in [7, 11) is 0. The van der Waals surface area contributed by atoms with E-state index in [0.29, 0.717) is 22.0 Å². The van der Waals surface area contributed by atoms with Crippen molar-refractivity contribution in [3.63, 3.8) is 0 Å². The van der Waals surface area contributed by atoms with E-state index in [1.165, 1.54) is 11.8 Å².